The van der Waals surface area contributed by atoms with Crippen molar-refractivity contribution in [1.82, 2.24) is 15.5 Å². The molecule has 6 nitrogen and oxygen atoms in total. The van der Waals surface area contributed by atoms with Crippen molar-refractivity contribution in [3.8, 4) is 0 Å². The van der Waals surface area contributed by atoms with Crippen LogP contribution in [0.4, 0.5) is 16.4 Å². The molecule has 0 spiro atoms. The summed E-state index contributed by atoms with van der Waals surface area (Å²) in [5.74, 6) is 1.14. The third-order valence-corrected chi connectivity index (χ3v) is 2.32. The van der Waals surface area contributed by atoms with E-state index in [2.05, 4.69) is 26.1 Å². The van der Waals surface area contributed by atoms with E-state index in [-0.39, 0.29) is 11.6 Å². The molecule has 1 saturated carbocycles. The van der Waals surface area contributed by atoms with E-state index >= 15 is 0 Å². The molecule has 0 saturated heterocycles. The first kappa shape index (κ1) is 12.6. The maximum absolute atomic E-state index is 11.5. The summed E-state index contributed by atoms with van der Waals surface area (Å²) in [5.41, 5.74) is -0.0625. The summed E-state index contributed by atoms with van der Waals surface area (Å²) in [5, 5.41) is 16.6. The van der Waals surface area contributed by atoms with Crippen LogP contribution in [0.5, 0.6) is 0 Å². The quantitative estimate of drug-likeness (QED) is 0.765. The minimum Gasteiger partial charge on any atom is -0.364 e. The van der Waals surface area contributed by atoms with Crippen LogP contribution in [0.3, 0.4) is 0 Å². The largest absolute Gasteiger partial charge is 0.364 e. The molecular formula is C12H19N5O. The van der Waals surface area contributed by atoms with Gasteiger partial charge in [0.15, 0.2) is 5.82 Å². The number of hydrogen-bond acceptors (Lipinski definition) is 4. The van der Waals surface area contributed by atoms with Gasteiger partial charge in [0.2, 0.25) is 0 Å². The Labute approximate surface area is 107 Å². The number of nitrogens with one attached hydrogen (secondary N) is 3. The average molecular weight is 249 g/mol. The fraction of sp³-hybridized carbons (Fsp3) is 0.583. The van der Waals surface area contributed by atoms with Crippen molar-refractivity contribution in [3.05, 3.63) is 12.1 Å². The van der Waals surface area contributed by atoms with Gasteiger partial charge >= 0.3 is 6.03 Å². The van der Waals surface area contributed by atoms with Gasteiger partial charge in [-0.15, -0.1) is 10.2 Å². The summed E-state index contributed by atoms with van der Waals surface area (Å²) in [6.07, 6.45) is 2.13. The number of aromatic nitrogens is 2. The van der Waals surface area contributed by atoms with Crippen LogP contribution in [0.2, 0.25) is 0 Å². The molecule has 0 bridgehead atoms. The molecular weight excluding hydrogens is 230 g/mol. The molecule has 1 heterocycles. The van der Waals surface area contributed by atoms with Crippen LogP contribution < -0.4 is 16.0 Å². The molecule has 18 heavy (non-hydrogen) atoms. The Morgan fingerprint density at radius 1 is 1.22 bits per heavy atom. The maximum atomic E-state index is 11.5. The van der Waals surface area contributed by atoms with Crippen LogP contribution in [-0.4, -0.2) is 27.8 Å². The molecule has 0 aromatic carbocycles. The number of carbonyl (C=O) groups is 1. The zero-order valence-corrected chi connectivity index (χ0v) is 10.9. The Morgan fingerprint density at radius 3 is 2.33 bits per heavy atom. The van der Waals surface area contributed by atoms with Crippen LogP contribution >= 0.6 is 0 Å². The zero-order valence-electron chi connectivity index (χ0n) is 10.9. The molecule has 1 aliphatic rings. The second-order valence-corrected chi connectivity index (χ2v) is 5.55. The standard InChI is InChI=1S/C12H19N5O/c1-12(2,3)15-10-7-6-9(16-17-10)14-11(18)13-8-4-5-8/h6-8H,4-5H2,1-3H3,(H,15,17)(H2,13,14,16,18). The molecule has 0 radical (unpaired) electrons. The Hall–Kier alpha value is -1.85. The molecule has 6 heteroatoms. The smallest absolute Gasteiger partial charge is 0.320 e. The summed E-state index contributed by atoms with van der Waals surface area (Å²) in [6, 6.07) is 3.64. The number of carbonyl (C=O) groups excluding carboxylic acids is 1. The van der Waals surface area contributed by atoms with Crippen LogP contribution in [0.25, 0.3) is 0 Å². The van der Waals surface area contributed by atoms with Gasteiger partial charge in [0.05, 0.1) is 0 Å². The first-order chi connectivity index (χ1) is 8.42. The summed E-state index contributed by atoms with van der Waals surface area (Å²) >= 11 is 0. The topological polar surface area (TPSA) is 78.9 Å². The molecule has 98 valence electrons. The average Bonchev–Trinajstić information content (AvgIpc) is 3.02. The molecule has 0 unspecified atom stereocenters. The number of rotatable bonds is 3. The first-order valence-corrected chi connectivity index (χ1v) is 6.12. The van der Waals surface area contributed by atoms with E-state index in [9.17, 15) is 4.79 Å². The van der Waals surface area contributed by atoms with Crippen LogP contribution in [0.1, 0.15) is 33.6 Å². The normalized spacial score (nSPS) is 15.1. The lowest BCUT2D eigenvalue weighted by atomic mass is 10.1. The molecule has 1 aromatic rings. The Bertz CT molecular complexity index is 419. The Morgan fingerprint density at radius 2 is 1.83 bits per heavy atom. The molecule has 0 atom stereocenters. The fourth-order valence-corrected chi connectivity index (χ4v) is 1.42. The van der Waals surface area contributed by atoms with E-state index in [1.54, 1.807) is 12.1 Å². The van der Waals surface area contributed by atoms with Gasteiger partial charge in [0.25, 0.3) is 0 Å². The molecule has 3 N–H and O–H groups in total. The van der Waals surface area contributed by atoms with Gasteiger partial charge in [-0.1, -0.05) is 0 Å². The highest BCUT2D eigenvalue weighted by molar-refractivity contribution is 5.88. The molecule has 1 aliphatic carbocycles. The highest BCUT2D eigenvalue weighted by Gasteiger charge is 2.23. The van der Waals surface area contributed by atoms with Gasteiger partial charge in [-0.05, 0) is 45.7 Å². The van der Waals surface area contributed by atoms with E-state index in [4.69, 9.17) is 0 Å². The predicted octanol–water partition coefficient (Wildman–Crippen LogP) is 1.97. The molecule has 2 amide bonds. The van der Waals surface area contributed by atoms with Crippen molar-refractivity contribution in [2.75, 3.05) is 10.6 Å². The van der Waals surface area contributed by atoms with Gasteiger partial charge < -0.3 is 10.6 Å². The minimum atomic E-state index is -0.219. The monoisotopic (exact) mass is 249 g/mol. The lowest BCUT2D eigenvalue weighted by Crippen LogP contribution is -2.31. The number of nitrogens with zero attached hydrogens (tertiary/aromatic N) is 2. The van der Waals surface area contributed by atoms with Crippen molar-refractivity contribution in [2.45, 2.75) is 45.2 Å². The lowest BCUT2D eigenvalue weighted by Gasteiger charge is -2.20. The predicted molar refractivity (Wildman–Crippen MR) is 70.6 cm³/mol. The van der Waals surface area contributed by atoms with E-state index in [1.165, 1.54) is 0 Å². The van der Waals surface area contributed by atoms with E-state index in [0.29, 0.717) is 17.7 Å². The Balaban J connectivity index is 1.88. The lowest BCUT2D eigenvalue weighted by molar-refractivity contribution is 0.251. The van der Waals surface area contributed by atoms with Gasteiger partial charge in [-0.3, -0.25) is 5.32 Å². The van der Waals surface area contributed by atoms with E-state index < -0.39 is 0 Å². The summed E-state index contributed by atoms with van der Waals surface area (Å²) in [7, 11) is 0. The Kier molecular flexibility index (Phi) is 3.36. The second kappa shape index (κ2) is 4.80. The van der Waals surface area contributed by atoms with Gasteiger partial charge in [-0.25, -0.2) is 4.79 Å². The second-order valence-electron chi connectivity index (χ2n) is 5.55. The van der Waals surface area contributed by atoms with Gasteiger partial charge in [0.1, 0.15) is 5.82 Å². The van der Waals surface area contributed by atoms with Crippen molar-refractivity contribution < 1.29 is 4.79 Å². The number of hydrogen-bond donors (Lipinski definition) is 3. The SMILES string of the molecule is CC(C)(C)Nc1ccc(NC(=O)NC2CC2)nn1. The molecule has 1 aromatic heterocycles. The highest BCUT2D eigenvalue weighted by Crippen LogP contribution is 2.18. The molecule has 0 aliphatic heterocycles. The number of urea groups is 1. The summed E-state index contributed by atoms with van der Waals surface area (Å²) < 4.78 is 0. The van der Waals surface area contributed by atoms with Crippen LogP contribution in [0, 0.1) is 0 Å². The minimum absolute atomic E-state index is 0.0625. The van der Waals surface area contributed by atoms with Crippen LogP contribution in [0.15, 0.2) is 12.1 Å². The first-order valence-electron chi connectivity index (χ1n) is 6.12. The van der Waals surface area contributed by atoms with Gasteiger partial charge in [-0.2, -0.15) is 0 Å². The zero-order chi connectivity index (χ0) is 13.2. The number of amides is 2. The highest BCUT2D eigenvalue weighted by atomic mass is 16.2. The van der Waals surface area contributed by atoms with Crippen molar-refractivity contribution in [2.24, 2.45) is 0 Å². The summed E-state index contributed by atoms with van der Waals surface area (Å²) in [6.45, 7) is 6.14. The number of anilines is 2. The van der Waals surface area contributed by atoms with E-state index in [1.807, 2.05) is 20.8 Å². The fourth-order valence-electron chi connectivity index (χ4n) is 1.42. The van der Waals surface area contributed by atoms with Crippen molar-refractivity contribution >= 4 is 17.7 Å². The van der Waals surface area contributed by atoms with Crippen LogP contribution in [-0.2, 0) is 0 Å². The molecule has 1 fully saturated rings. The van der Waals surface area contributed by atoms with Crippen molar-refractivity contribution in [1.29, 1.82) is 0 Å². The summed E-state index contributed by atoms with van der Waals surface area (Å²) in [4.78, 5) is 11.5. The van der Waals surface area contributed by atoms with Crippen molar-refractivity contribution in [3.63, 3.8) is 0 Å². The maximum Gasteiger partial charge on any atom is 0.320 e. The van der Waals surface area contributed by atoms with E-state index in [0.717, 1.165) is 12.8 Å². The third-order valence-electron chi connectivity index (χ3n) is 2.32. The van der Waals surface area contributed by atoms with Gasteiger partial charge in [0, 0.05) is 11.6 Å². The molecule has 2 rings (SSSR count). The third kappa shape index (κ3) is 4.20.